The van der Waals surface area contributed by atoms with Gasteiger partial charge in [0.25, 0.3) is 0 Å². The third-order valence-electron chi connectivity index (χ3n) is 2.49. The summed E-state index contributed by atoms with van der Waals surface area (Å²) in [5, 5.41) is 0. The third-order valence-corrected chi connectivity index (χ3v) is 2.49. The van der Waals surface area contributed by atoms with Gasteiger partial charge in [-0.15, -0.1) is 0 Å². The lowest BCUT2D eigenvalue weighted by Crippen LogP contribution is -2.38. The number of hydrogen-bond donors (Lipinski definition) is 0. The predicted molar refractivity (Wildman–Crippen MR) is 55.3 cm³/mol. The van der Waals surface area contributed by atoms with Crippen molar-refractivity contribution in [2.75, 3.05) is 11.4 Å². The molecule has 3 nitrogen and oxygen atoms in total. The topological polar surface area (TPSA) is 25.6 Å². The maximum atomic E-state index is 5.94. The quantitative estimate of drug-likeness (QED) is 0.689. The molecule has 0 aromatic carbocycles. The summed E-state index contributed by atoms with van der Waals surface area (Å²) in [5.41, 5.74) is -0.405. The Labute approximate surface area is 84.6 Å². The van der Waals surface area contributed by atoms with Gasteiger partial charge in [0.05, 0.1) is 18.4 Å². The molecule has 1 saturated heterocycles. The second-order valence-corrected chi connectivity index (χ2v) is 4.85. The monoisotopic (exact) mass is 195 g/mol. The van der Waals surface area contributed by atoms with Crippen LogP contribution < -0.4 is 4.90 Å². The van der Waals surface area contributed by atoms with Crippen LogP contribution in [0.5, 0.6) is 0 Å². The Morgan fingerprint density at radius 2 is 2.00 bits per heavy atom. The highest BCUT2D eigenvalue weighted by Gasteiger charge is 2.44. The van der Waals surface area contributed by atoms with Crippen molar-refractivity contribution in [1.82, 2.24) is 0 Å². The first kappa shape index (κ1) is 9.59. The van der Waals surface area contributed by atoms with Gasteiger partial charge in [0, 0.05) is 6.07 Å². The van der Waals surface area contributed by atoms with Gasteiger partial charge in [0.2, 0.25) is 0 Å². The molecule has 0 spiro atoms. The van der Waals surface area contributed by atoms with Crippen molar-refractivity contribution in [3.05, 3.63) is 18.4 Å². The minimum atomic E-state index is -0.290. The molecule has 0 radical (unpaired) electrons. The first-order chi connectivity index (χ1) is 6.41. The molecule has 0 amide bonds. The van der Waals surface area contributed by atoms with E-state index in [4.69, 9.17) is 9.15 Å². The molecule has 0 unspecified atom stereocenters. The summed E-state index contributed by atoms with van der Waals surface area (Å²) >= 11 is 0. The van der Waals surface area contributed by atoms with E-state index in [0.717, 1.165) is 12.4 Å². The Morgan fingerprint density at radius 3 is 2.43 bits per heavy atom. The van der Waals surface area contributed by atoms with Crippen LogP contribution in [0.15, 0.2) is 22.8 Å². The van der Waals surface area contributed by atoms with Crippen molar-refractivity contribution >= 4 is 5.88 Å². The number of ether oxygens (including phenoxy) is 1. The van der Waals surface area contributed by atoms with Crippen molar-refractivity contribution in [2.24, 2.45) is 0 Å². The van der Waals surface area contributed by atoms with E-state index in [-0.39, 0.29) is 11.3 Å². The molecule has 1 aliphatic rings. The zero-order chi connectivity index (χ0) is 10.4. The number of rotatable bonds is 1. The maximum absolute atomic E-state index is 5.94. The highest BCUT2D eigenvalue weighted by Crippen LogP contribution is 2.37. The minimum absolute atomic E-state index is 0.115. The van der Waals surface area contributed by atoms with Crippen LogP contribution in [0.3, 0.4) is 0 Å². The molecule has 1 fully saturated rings. The molecule has 0 aliphatic carbocycles. The molecule has 14 heavy (non-hydrogen) atoms. The summed E-state index contributed by atoms with van der Waals surface area (Å²) in [6, 6.07) is 3.86. The molecule has 2 rings (SSSR count). The Kier molecular flexibility index (Phi) is 1.89. The van der Waals surface area contributed by atoms with E-state index in [1.54, 1.807) is 6.26 Å². The summed E-state index contributed by atoms with van der Waals surface area (Å²) in [7, 11) is 0. The van der Waals surface area contributed by atoms with Gasteiger partial charge in [-0.1, -0.05) is 0 Å². The Bertz CT molecular complexity index is 314. The second-order valence-electron chi connectivity index (χ2n) is 4.85. The fourth-order valence-electron chi connectivity index (χ4n) is 2.10. The molecular formula is C11H17NO2. The van der Waals surface area contributed by atoms with E-state index in [1.165, 1.54) is 0 Å². The van der Waals surface area contributed by atoms with E-state index in [0.29, 0.717) is 0 Å². The first-order valence-electron chi connectivity index (χ1n) is 4.92. The van der Waals surface area contributed by atoms with Gasteiger partial charge in [-0.2, -0.15) is 0 Å². The van der Waals surface area contributed by atoms with Crippen LogP contribution in [0.2, 0.25) is 0 Å². The van der Waals surface area contributed by atoms with Crippen LogP contribution in [0.1, 0.15) is 27.7 Å². The van der Waals surface area contributed by atoms with Gasteiger partial charge in [-0.3, -0.25) is 0 Å². The standard InChI is InChI=1S/C11H17NO2/c1-10(2)8-12(11(3,4)14-10)9-6-5-7-13-9/h5-7H,8H2,1-4H3. The molecule has 78 valence electrons. The van der Waals surface area contributed by atoms with Crippen molar-refractivity contribution < 1.29 is 9.15 Å². The van der Waals surface area contributed by atoms with Crippen LogP contribution >= 0.6 is 0 Å². The van der Waals surface area contributed by atoms with E-state index in [9.17, 15) is 0 Å². The fourth-order valence-corrected chi connectivity index (χ4v) is 2.10. The molecule has 0 saturated carbocycles. The second kappa shape index (κ2) is 2.76. The Morgan fingerprint density at radius 1 is 1.29 bits per heavy atom. The van der Waals surface area contributed by atoms with Crippen molar-refractivity contribution in [1.29, 1.82) is 0 Å². The molecule has 1 aromatic heterocycles. The van der Waals surface area contributed by atoms with E-state index in [1.807, 2.05) is 12.1 Å². The van der Waals surface area contributed by atoms with Crippen molar-refractivity contribution in [3.8, 4) is 0 Å². The molecule has 1 aliphatic heterocycles. The third kappa shape index (κ3) is 1.52. The van der Waals surface area contributed by atoms with Crippen LogP contribution in [0, 0.1) is 0 Å². The zero-order valence-electron chi connectivity index (χ0n) is 9.20. The van der Waals surface area contributed by atoms with E-state index in [2.05, 4.69) is 32.6 Å². The summed E-state index contributed by atoms with van der Waals surface area (Å²) < 4.78 is 11.3. The number of nitrogens with zero attached hydrogens (tertiary/aromatic N) is 1. The molecule has 1 aromatic rings. The summed E-state index contributed by atoms with van der Waals surface area (Å²) in [5.74, 6) is 0.876. The van der Waals surface area contributed by atoms with Crippen molar-refractivity contribution in [2.45, 2.75) is 39.0 Å². The lowest BCUT2D eigenvalue weighted by atomic mass is 10.1. The summed E-state index contributed by atoms with van der Waals surface area (Å²) in [6.45, 7) is 9.16. The number of furan rings is 1. The lowest BCUT2D eigenvalue weighted by molar-refractivity contribution is -0.0612. The minimum Gasteiger partial charge on any atom is -0.449 e. The molecule has 0 bridgehead atoms. The van der Waals surface area contributed by atoms with E-state index >= 15 is 0 Å². The molecule has 0 atom stereocenters. The van der Waals surface area contributed by atoms with Gasteiger partial charge < -0.3 is 14.1 Å². The summed E-state index contributed by atoms with van der Waals surface area (Å²) in [4.78, 5) is 2.15. The maximum Gasteiger partial charge on any atom is 0.197 e. The first-order valence-corrected chi connectivity index (χ1v) is 4.92. The van der Waals surface area contributed by atoms with Crippen LogP contribution in [0.25, 0.3) is 0 Å². The highest BCUT2D eigenvalue weighted by molar-refractivity contribution is 5.39. The normalized spacial score (nSPS) is 24.1. The number of anilines is 1. The van der Waals surface area contributed by atoms with Gasteiger partial charge in [-0.05, 0) is 33.8 Å². The van der Waals surface area contributed by atoms with Crippen LogP contribution in [0.4, 0.5) is 5.88 Å². The molecular weight excluding hydrogens is 178 g/mol. The average molecular weight is 195 g/mol. The van der Waals surface area contributed by atoms with Crippen molar-refractivity contribution in [3.63, 3.8) is 0 Å². The fraction of sp³-hybridized carbons (Fsp3) is 0.636. The summed E-state index contributed by atoms with van der Waals surface area (Å²) in [6.07, 6.45) is 1.69. The van der Waals surface area contributed by atoms with Gasteiger partial charge in [0.15, 0.2) is 5.88 Å². The predicted octanol–water partition coefficient (Wildman–Crippen LogP) is 2.63. The van der Waals surface area contributed by atoms with Crippen LogP contribution in [-0.2, 0) is 4.74 Å². The largest absolute Gasteiger partial charge is 0.449 e. The molecule has 3 heteroatoms. The lowest BCUT2D eigenvalue weighted by Gasteiger charge is -2.29. The Balaban J connectivity index is 2.29. The highest BCUT2D eigenvalue weighted by atomic mass is 16.6. The molecule has 0 N–H and O–H groups in total. The SMILES string of the molecule is CC1(C)CN(c2ccco2)C(C)(C)O1. The average Bonchev–Trinajstić information content (AvgIpc) is 2.54. The Hall–Kier alpha value is -0.960. The number of hydrogen-bond acceptors (Lipinski definition) is 3. The van der Waals surface area contributed by atoms with E-state index < -0.39 is 0 Å². The van der Waals surface area contributed by atoms with Gasteiger partial charge in [-0.25, -0.2) is 0 Å². The molecule has 2 heterocycles. The van der Waals surface area contributed by atoms with Gasteiger partial charge in [0.1, 0.15) is 5.72 Å². The van der Waals surface area contributed by atoms with Gasteiger partial charge >= 0.3 is 0 Å². The zero-order valence-corrected chi connectivity index (χ0v) is 9.20. The smallest absolute Gasteiger partial charge is 0.197 e. The van der Waals surface area contributed by atoms with Crippen LogP contribution in [-0.4, -0.2) is 17.9 Å².